The van der Waals surface area contributed by atoms with Gasteiger partial charge < -0.3 is 4.57 Å². The summed E-state index contributed by atoms with van der Waals surface area (Å²) in [6.07, 6.45) is 7.38. The van der Waals surface area contributed by atoms with Crippen molar-refractivity contribution in [3.8, 4) is 0 Å². The zero-order chi connectivity index (χ0) is 20.8. The highest BCUT2D eigenvalue weighted by Gasteiger charge is 2.17. The third-order valence-electron chi connectivity index (χ3n) is 4.96. The summed E-state index contributed by atoms with van der Waals surface area (Å²) in [7, 11) is 1.63. The van der Waals surface area contributed by atoms with Crippen LogP contribution in [0.15, 0.2) is 39.0 Å². The highest BCUT2D eigenvalue weighted by molar-refractivity contribution is 7.99. The van der Waals surface area contributed by atoms with Gasteiger partial charge in [-0.25, -0.2) is 9.78 Å². The van der Waals surface area contributed by atoms with E-state index in [0.29, 0.717) is 22.7 Å². The monoisotopic (exact) mass is 434 g/mol. The second-order valence-corrected chi connectivity index (χ2v) is 8.71. The molecule has 0 aliphatic heterocycles. The summed E-state index contributed by atoms with van der Waals surface area (Å²) < 4.78 is 3.29. The number of unbranched alkanes of at least 4 members (excludes halogenated alkanes) is 5. The Kier molecular flexibility index (Phi) is 7.61. The van der Waals surface area contributed by atoms with Crippen molar-refractivity contribution in [2.24, 2.45) is 7.05 Å². The molecule has 2 aromatic heterocycles. The molecule has 2 heterocycles. The Bertz CT molecular complexity index is 1070. The van der Waals surface area contributed by atoms with Crippen molar-refractivity contribution < 1.29 is 0 Å². The van der Waals surface area contributed by atoms with Crippen LogP contribution in [0.2, 0.25) is 5.02 Å². The highest BCUT2D eigenvalue weighted by atomic mass is 35.5. The maximum absolute atomic E-state index is 12.5. The number of imidazole rings is 1. The van der Waals surface area contributed by atoms with Crippen molar-refractivity contribution in [2.45, 2.75) is 57.1 Å². The van der Waals surface area contributed by atoms with Crippen LogP contribution >= 0.6 is 23.4 Å². The summed E-state index contributed by atoms with van der Waals surface area (Å²) in [5.74, 6) is 0.932. The van der Waals surface area contributed by atoms with Crippen molar-refractivity contribution in [2.75, 3.05) is 5.75 Å². The predicted octanol–water partition coefficient (Wildman–Crippen LogP) is 4.58. The molecule has 156 valence electrons. The Balaban J connectivity index is 1.86. The van der Waals surface area contributed by atoms with Gasteiger partial charge in [0.25, 0.3) is 5.56 Å². The Labute approximate surface area is 179 Å². The summed E-state index contributed by atoms with van der Waals surface area (Å²) in [6.45, 7) is 2.71. The first-order chi connectivity index (χ1) is 14.0. The van der Waals surface area contributed by atoms with Gasteiger partial charge >= 0.3 is 5.69 Å². The standard InChI is InChI=1S/C21H27ClN4O2S/c1-3-4-5-6-7-8-13-29-21-23-18-17(19(27)24-20(28)25(18)2)26(21)14-15-9-11-16(22)12-10-15/h9-12H,3-8,13-14H2,1-2H3,(H,24,27,28). The summed E-state index contributed by atoms with van der Waals surface area (Å²) >= 11 is 7.64. The van der Waals surface area contributed by atoms with E-state index in [1.54, 1.807) is 18.8 Å². The smallest absolute Gasteiger partial charge is 0.309 e. The molecule has 0 amide bonds. The van der Waals surface area contributed by atoms with E-state index in [2.05, 4.69) is 16.9 Å². The number of aryl methyl sites for hydroxylation is 1. The zero-order valence-corrected chi connectivity index (χ0v) is 18.5. The van der Waals surface area contributed by atoms with Crippen molar-refractivity contribution in [1.82, 2.24) is 19.1 Å². The van der Waals surface area contributed by atoms with Crippen molar-refractivity contribution >= 4 is 34.5 Å². The molecule has 0 aliphatic carbocycles. The minimum Gasteiger partial charge on any atom is -0.309 e. The van der Waals surface area contributed by atoms with Gasteiger partial charge in [0.15, 0.2) is 16.3 Å². The molecule has 29 heavy (non-hydrogen) atoms. The Morgan fingerprint density at radius 2 is 1.76 bits per heavy atom. The van der Waals surface area contributed by atoms with Gasteiger partial charge in [0, 0.05) is 17.8 Å². The molecule has 1 N–H and O–H groups in total. The fraction of sp³-hybridized carbons (Fsp3) is 0.476. The van der Waals surface area contributed by atoms with E-state index in [0.717, 1.165) is 22.9 Å². The van der Waals surface area contributed by atoms with Crippen LogP contribution in [0.3, 0.4) is 0 Å². The fourth-order valence-corrected chi connectivity index (χ4v) is 4.41. The summed E-state index contributed by atoms with van der Waals surface area (Å²) in [6, 6.07) is 7.54. The lowest BCUT2D eigenvalue weighted by molar-refractivity contribution is 0.626. The molecule has 0 spiro atoms. The molecular weight excluding hydrogens is 408 g/mol. The molecule has 0 radical (unpaired) electrons. The van der Waals surface area contributed by atoms with Gasteiger partial charge in [-0.05, 0) is 24.1 Å². The summed E-state index contributed by atoms with van der Waals surface area (Å²) in [4.78, 5) is 31.6. The van der Waals surface area contributed by atoms with E-state index in [1.165, 1.54) is 36.7 Å². The number of aromatic nitrogens is 4. The molecule has 8 heteroatoms. The fourth-order valence-electron chi connectivity index (χ4n) is 3.29. The topological polar surface area (TPSA) is 72.7 Å². The third kappa shape index (κ3) is 5.34. The zero-order valence-electron chi connectivity index (χ0n) is 16.9. The third-order valence-corrected chi connectivity index (χ3v) is 6.27. The minimum atomic E-state index is -0.453. The van der Waals surface area contributed by atoms with Gasteiger partial charge in [0.1, 0.15) is 0 Å². The van der Waals surface area contributed by atoms with Crippen LogP contribution < -0.4 is 11.2 Å². The predicted molar refractivity (Wildman–Crippen MR) is 120 cm³/mol. The van der Waals surface area contributed by atoms with Crippen LogP contribution in [0.5, 0.6) is 0 Å². The quantitative estimate of drug-likeness (QED) is 0.374. The maximum Gasteiger partial charge on any atom is 0.329 e. The van der Waals surface area contributed by atoms with E-state index in [1.807, 2.05) is 28.8 Å². The molecule has 0 bridgehead atoms. The van der Waals surface area contributed by atoms with Gasteiger partial charge in [-0.3, -0.25) is 14.3 Å². The average molecular weight is 435 g/mol. The Hall–Kier alpha value is -1.99. The number of nitrogens with zero attached hydrogens (tertiary/aromatic N) is 3. The van der Waals surface area contributed by atoms with E-state index in [9.17, 15) is 9.59 Å². The first kappa shape index (κ1) is 21.7. The minimum absolute atomic E-state index is 0.407. The number of benzene rings is 1. The number of H-pyrrole nitrogens is 1. The number of fused-ring (bicyclic) bond motifs is 1. The SMILES string of the molecule is CCCCCCCCSc1nc2c(c(=O)[nH]c(=O)n2C)n1Cc1ccc(Cl)cc1. The number of aromatic amines is 1. The van der Waals surface area contributed by atoms with Crippen molar-refractivity contribution in [1.29, 1.82) is 0 Å². The first-order valence-corrected chi connectivity index (χ1v) is 11.4. The van der Waals surface area contributed by atoms with Crippen LogP contribution in [-0.4, -0.2) is 24.9 Å². The average Bonchev–Trinajstić information content (AvgIpc) is 3.06. The Morgan fingerprint density at radius 3 is 2.48 bits per heavy atom. The lowest BCUT2D eigenvalue weighted by atomic mass is 10.1. The van der Waals surface area contributed by atoms with E-state index < -0.39 is 11.2 Å². The van der Waals surface area contributed by atoms with Gasteiger partial charge in [0.2, 0.25) is 0 Å². The second kappa shape index (κ2) is 10.2. The molecular formula is C21H27ClN4O2S. The van der Waals surface area contributed by atoms with E-state index in [-0.39, 0.29) is 0 Å². The molecule has 0 saturated heterocycles. The van der Waals surface area contributed by atoms with Crippen LogP contribution in [0, 0.1) is 0 Å². The van der Waals surface area contributed by atoms with Crippen LogP contribution in [0.4, 0.5) is 0 Å². The molecule has 3 aromatic rings. The number of rotatable bonds is 10. The largest absolute Gasteiger partial charge is 0.329 e. The molecule has 0 atom stereocenters. The molecule has 0 saturated carbocycles. The van der Waals surface area contributed by atoms with Gasteiger partial charge in [-0.1, -0.05) is 74.5 Å². The van der Waals surface area contributed by atoms with E-state index >= 15 is 0 Å². The molecule has 6 nitrogen and oxygen atoms in total. The number of thioether (sulfide) groups is 1. The van der Waals surface area contributed by atoms with Crippen LogP contribution in [0.25, 0.3) is 11.2 Å². The normalized spacial score (nSPS) is 11.4. The highest BCUT2D eigenvalue weighted by Crippen LogP contribution is 2.24. The first-order valence-electron chi connectivity index (χ1n) is 10.1. The molecule has 1 aromatic carbocycles. The van der Waals surface area contributed by atoms with Crippen molar-refractivity contribution in [3.05, 3.63) is 55.7 Å². The number of hydrogen-bond acceptors (Lipinski definition) is 4. The van der Waals surface area contributed by atoms with E-state index in [4.69, 9.17) is 11.6 Å². The van der Waals surface area contributed by atoms with Crippen LogP contribution in [-0.2, 0) is 13.6 Å². The molecule has 3 rings (SSSR count). The lowest BCUT2D eigenvalue weighted by Gasteiger charge is -2.09. The van der Waals surface area contributed by atoms with Gasteiger partial charge in [-0.2, -0.15) is 0 Å². The molecule has 0 unspecified atom stereocenters. The lowest BCUT2D eigenvalue weighted by Crippen LogP contribution is -2.29. The van der Waals surface area contributed by atoms with Gasteiger partial charge in [-0.15, -0.1) is 0 Å². The number of hydrogen-bond donors (Lipinski definition) is 1. The summed E-state index contributed by atoms with van der Waals surface area (Å²) in [5, 5.41) is 1.43. The second-order valence-electron chi connectivity index (χ2n) is 7.21. The van der Waals surface area contributed by atoms with Crippen molar-refractivity contribution in [3.63, 3.8) is 0 Å². The van der Waals surface area contributed by atoms with Gasteiger partial charge in [0.05, 0.1) is 6.54 Å². The number of nitrogens with one attached hydrogen (secondary N) is 1. The Morgan fingerprint density at radius 1 is 1.07 bits per heavy atom. The summed E-state index contributed by atoms with van der Waals surface area (Å²) in [5.41, 5.74) is 0.996. The van der Waals surface area contributed by atoms with Crippen LogP contribution in [0.1, 0.15) is 51.0 Å². The number of halogens is 1. The molecule has 0 aliphatic rings. The maximum atomic E-state index is 12.5. The molecule has 0 fully saturated rings.